The second-order valence-electron chi connectivity index (χ2n) is 8.38. The fourth-order valence-corrected chi connectivity index (χ4v) is 3.95. The Morgan fingerprint density at radius 2 is 1.84 bits per heavy atom. The van der Waals surface area contributed by atoms with Crippen LogP contribution < -0.4 is 14.8 Å². The zero-order valence-corrected chi connectivity index (χ0v) is 21.5. The van der Waals surface area contributed by atoms with Crippen LogP contribution >= 0.6 is 0 Å². The van der Waals surface area contributed by atoms with Crippen LogP contribution in [0.15, 0.2) is 42.6 Å². The topological polar surface area (TPSA) is 149 Å². The maximum absolute atomic E-state index is 13.1. The second kappa shape index (κ2) is 13.4. The molecule has 12 nitrogen and oxygen atoms in total. The summed E-state index contributed by atoms with van der Waals surface area (Å²) in [7, 11) is 2.77. The molecular weight excluding hydrogens is 500 g/mol. The molecule has 0 aliphatic carbocycles. The highest BCUT2D eigenvalue weighted by Crippen LogP contribution is 2.30. The number of amides is 1. The number of cyclic esters (lactones) is 2. The molecule has 0 saturated carbocycles. The first-order valence-corrected chi connectivity index (χ1v) is 11.8. The summed E-state index contributed by atoms with van der Waals surface area (Å²) >= 11 is 0. The number of rotatable bonds is 9. The number of benzene rings is 1. The predicted octanol–water partition coefficient (Wildman–Crippen LogP) is 1.45. The Morgan fingerprint density at radius 1 is 1.11 bits per heavy atom. The molecule has 2 heterocycles. The number of carbonyl (C=O) groups excluding carboxylic acids is 4. The van der Waals surface area contributed by atoms with Crippen LogP contribution in [0.25, 0.3) is 0 Å². The van der Waals surface area contributed by atoms with E-state index in [1.54, 1.807) is 6.92 Å². The maximum Gasteiger partial charge on any atom is 0.332 e. The summed E-state index contributed by atoms with van der Waals surface area (Å²) < 4.78 is 31.9. The third kappa shape index (κ3) is 7.19. The molecule has 204 valence electrons. The van der Waals surface area contributed by atoms with Gasteiger partial charge >= 0.3 is 17.9 Å². The molecule has 4 atom stereocenters. The lowest BCUT2D eigenvalue weighted by Crippen LogP contribution is -2.46. The first-order valence-electron chi connectivity index (χ1n) is 11.8. The predicted molar refractivity (Wildman–Crippen MR) is 130 cm³/mol. The quantitative estimate of drug-likeness (QED) is 0.285. The Morgan fingerprint density at radius 3 is 2.50 bits per heavy atom. The molecule has 1 fully saturated rings. The monoisotopic (exact) mass is 530 g/mol. The number of nitrogens with one attached hydrogen (secondary N) is 1. The standard InChI is InChI=1S/C26H30N2O10/c1-15-22(34-4)18(12-17-8-6-5-7-9-17)25(31)35-13-19(26(32)38-15)28-24(30)21-23(37-14-36-16(2)29)20(33-3)10-11-27-21/h5-11,15,18-19,22H,12-14H2,1-4H3,(H,28,30)/t15-,18+,19-,22-/m0/s1. The highest BCUT2D eigenvalue weighted by atomic mass is 16.7. The summed E-state index contributed by atoms with van der Waals surface area (Å²) in [5, 5.41) is 2.47. The fourth-order valence-electron chi connectivity index (χ4n) is 3.95. The molecule has 1 aromatic heterocycles. The lowest BCUT2D eigenvalue weighted by Gasteiger charge is -2.28. The van der Waals surface area contributed by atoms with Gasteiger partial charge < -0.3 is 33.7 Å². The van der Waals surface area contributed by atoms with Crippen LogP contribution in [0, 0.1) is 5.92 Å². The van der Waals surface area contributed by atoms with Gasteiger partial charge in [-0.1, -0.05) is 30.3 Å². The molecule has 12 heteroatoms. The van der Waals surface area contributed by atoms with E-state index in [4.69, 9.17) is 28.4 Å². The summed E-state index contributed by atoms with van der Waals surface area (Å²) in [4.78, 5) is 54.3. The van der Waals surface area contributed by atoms with Crippen LogP contribution in [0.4, 0.5) is 0 Å². The SMILES string of the molecule is COc1ccnc(C(=O)N[C@H]2COC(=O)[C@H](Cc3ccccc3)[C@@H](OC)[C@H](C)OC2=O)c1OCOC(C)=O. The molecule has 0 unspecified atom stereocenters. The van der Waals surface area contributed by atoms with Crippen LogP contribution in [-0.2, 0) is 39.8 Å². The van der Waals surface area contributed by atoms with Gasteiger partial charge in [-0.15, -0.1) is 0 Å². The van der Waals surface area contributed by atoms with E-state index >= 15 is 0 Å². The van der Waals surface area contributed by atoms with Crippen molar-refractivity contribution in [3.63, 3.8) is 0 Å². The summed E-state index contributed by atoms with van der Waals surface area (Å²) in [6.45, 7) is 1.82. The molecule has 3 rings (SSSR count). The normalized spacial score (nSPS) is 21.6. The van der Waals surface area contributed by atoms with Gasteiger partial charge in [0.1, 0.15) is 18.8 Å². The summed E-state index contributed by atoms with van der Waals surface area (Å²) in [6, 6.07) is 9.39. The summed E-state index contributed by atoms with van der Waals surface area (Å²) in [5.74, 6) is -3.60. The average molecular weight is 531 g/mol. The van der Waals surface area contributed by atoms with Crippen LogP contribution in [0.1, 0.15) is 29.9 Å². The minimum Gasteiger partial charge on any atom is -0.493 e. The number of hydrogen-bond acceptors (Lipinski definition) is 11. The number of carbonyl (C=O) groups is 4. The molecular formula is C26H30N2O10. The molecule has 1 saturated heterocycles. The van der Waals surface area contributed by atoms with Crippen LogP contribution in [0.5, 0.6) is 11.5 Å². The second-order valence-corrected chi connectivity index (χ2v) is 8.38. The number of aromatic nitrogens is 1. The lowest BCUT2D eigenvalue weighted by atomic mass is 9.91. The number of methoxy groups -OCH3 is 2. The Bertz CT molecular complexity index is 1140. The van der Waals surface area contributed by atoms with Gasteiger partial charge in [-0.3, -0.25) is 14.4 Å². The van der Waals surface area contributed by atoms with Crippen molar-refractivity contribution in [1.82, 2.24) is 10.3 Å². The zero-order chi connectivity index (χ0) is 27.7. The van der Waals surface area contributed by atoms with E-state index in [0.29, 0.717) is 6.42 Å². The zero-order valence-electron chi connectivity index (χ0n) is 21.5. The van der Waals surface area contributed by atoms with Crippen LogP contribution in [-0.4, -0.2) is 74.7 Å². The van der Waals surface area contributed by atoms with Crippen molar-refractivity contribution in [3.05, 3.63) is 53.9 Å². The van der Waals surface area contributed by atoms with Crippen molar-refractivity contribution >= 4 is 23.8 Å². The van der Waals surface area contributed by atoms with Gasteiger partial charge in [0.05, 0.1) is 13.0 Å². The van der Waals surface area contributed by atoms with Gasteiger partial charge in [0, 0.05) is 26.3 Å². The van der Waals surface area contributed by atoms with E-state index in [-0.39, 0.29) is 17.2 Å². The fraction of sp³-hybridized carbons (Fsp3) is 0.423. The molecule has 0 bridgehead atoms. The van der Waals surface area contributed by atoms with E-state index < -0.39 is 61.4 Å². The van der Waals surface area contributed by atoms with E-state index in [1.165, 1.54) is 33.4 Å². The summed E-state index contributed by atoms with van der Waals surface area (Å²) in [6.07, 6.45) is -0.0207. The number of nitrogens with zero attached hydrogens (tertiary/aromatic N) is 1. The first kappa shape index (κ1) is 28.4. The smallest absolute Gasteiger partial charge is 0.332 e. The molecule has 1 N–H and O–H groups in total. The minimum atomic E-state index is -1.35. The Labute approximate surface area is 219 Å². The summed E-state index contributed by atoms with van der Waals surface area (Å²) in [5.41, 5.74) is 0.629. The van der Waals surface area contributed by atoms with Gasteiger partial charge in [0.25, 0.3) is 5.91 Å². The Hall–Kier alpha value is -4.19. The van der Waals surface area contributed by atoms with Gasteiger partial charge in [-0.05, 0) is 18.9 Å². The minimum absolute atomic E-state index is 0.113. The van der Waals surface area contributed by atoms with Gasteiger partial charge in [0.15, 0.2) is 23.2 Å². The molecule has 0 radical (unpaired) electrons. The van der Waals surface area contributed by atoms with E-state index in [9.17, 15) is 19.2 Å². The average Bonchev–Trinajstić information content (AvgIpc) is 2.93. The largest absolute Gasteiger partial charge is 0.493 e. The van der Waals surface area contributed by atoms with Crippen molar-refractivity contribution < 1.29 is 47.6 Å². The highest BCUT2D eigenvalue weighted by molar-refractivity contribution is 5.98. The van der Waals surface area contributed by atoms with E-state index in [1.807, 2.05) is 30.3 Å². The van der Waals surface area contributed by atoms with Gasteiger partial charge in [-0.2, -0.15) is 0 Å². The first-order chi connectivity index (χ1) is 18.2. The van der Waals surface area contributed by atoms with E-state index in [2.05, 4.69) is 10.3 Å². The molecule has 0 spiro atoms. The number of hydrogen-bond donors (Lipinski definition) is 1. The van der Waals surface area contributed by atoms with Crippen LogP contribution in [0.3, 0.4) is 0 Å². The Balaban J connectivity index is 1.80. The number of esters is 3. The Kier molecular flexibility index (Phi) is 9.99. The van der Waals surface area contributed by atoms with E-state index in [0.717, 1.165) is 5.56 Å². The third-order valence-corrected chi connectivity index (χ3v) is 5.79. The lowest BCUT2D eigenvalue weighted by molar-refractivity contribution is -0.161. The maximum atomic E-state index is 13.1. The van der Waals surface area contributed by atoms with Crippen molar-refractivity contribution in [1.29, 1.82) is 0 Å². The van der Waals surface area contributed by atoms with Gasteiger partial charge in [0.2, 0.25) is 6.79 Å². The van der Waals surface area contributed by atoms with Gasteiger partial charge in [-0.25, -0.2) is 9.78 Å². The third-order valence-electron chi connectivity index (χ3n) is 5.79. The highest BCUT2D eigenvalue weighted by Gasteiger charge is 2.40. The molecule has 1 amide bonds. The van der Waals surface area contributed by atoms with Crippen molar-refractivity contribution in [3.8, 4) is 11.5 Å². The van der Waals surface area contributed by atoms with Crippen molar-refractivity contribution in [2.24, 2.45) is 5.92 Å². The van der Waals surface area contributed by atoms with Crippen molar-refractivity contribution in [2.45, 2.75) is 38.5 Å². The molecule has 38 heavy (non-hydrogen) atoms. The number of pyridine rings is 1. The van der Waals surface area contributed by atoms with Crippen molar-refractivity contribution in [2.75, 3.05) is 27.6 Å². The van der Waals surface area contributed by atoms with Crippen LogP contribution in [0.2, 0.25) is 0 Å². The molecule has 1 aliphatic heterocycles. The molecule has 2 aromatic rings. The molecule has 1 aliphatic rings. The molecule has 1 aromatic carbocycles. The number of ether oxygens (including phenoxy) is 6.